The quantitative estimate of drug-likeness (QED) is 0.684. The van der Waals surface area contributed by atoms with Crippen molar-refractivity contribution in [2.24, 2.45) is 0 Å². The predicted molar refractivity (Wildman–Crippen MR) is 108 cm³/mol. The molecule has 0 unspecified atom stereocenters. The van der Waals surface area contributed by atoms with E-state index in [0.29, 0.717) is 5.82 Å². The van der Waals surface area contributed by atoms with Crippen LogP contribution in [-0.2, 0) is 21.1 Å². The number of rotatable bonds is 6. The normalized spacial score (nSPS) is 11.7. The van der Waals surface area contributed by atoms with Gasteiger partial charge in [0.1, 0.15) is 12.2 Å². The van der Waals surface area contributed by atoms with Crippen LogP contribution in [0.1, 0.15) is 31.3 Å². The molecule has 0 amide bonds. The Bertz CT molecular complexity index is 1110. The molecule has 1 heterocycles. The molecular weight excluding hydrogens is 376 g/mol. The van der Waals surface area contributed by atoms with Crippen molar-refractivity contribution >= 4 is 15.8 Å². The lowest BCUT2D eigenvalue weighted by molar-refractivity contribution is -0.136. The van der Waals surface area contributed by atoms with Crippen molar-refractivity contribution in [3.05, 3.63) is 66.2 Å². The third-order valence-corrected chi connectivity index (χ3v) is 5.55. The van der Waals surface area contributed by atoms with Gasteiger partial charge in [-0.1, -0.05) is 38.1 Å². The summed E-state index contributed by atoms with van der Waals surface area (Å²) in [4.78, 5) is 15.9. The van der Waals surface area contributed by atoms with Gasteiger partial charge in [0.25, 0.3) is 0 Å². The zero-order valence-corrected chi connectivity index (χ0v) is 16.8. The minimum absolute atomic E-state index is 0.162. The summed E-state index contributed by atoms with van der Waals surface area (Å²) < 4.78 is 25.4. The molecule has 0 atom stereocenters. The van der Waals surface area contributed by atoms with Crippen LogP contribution in [-0.4, -0.2) is 35.3 Å². The Kier molecular flexibility index (Phi) is 5.38. The van der Waals surface area contributed by atoms with Gasteiger partial charge in [0, 0.05) is 18.1 Å². The van der Waals surface area contributed by atoms with E-state index in [-0.39, 0.29) is 17.2 Å². The van der Waals surface area contributed by atoms with E-state index in [1.165, 1.54) is 6.26 Å². The van der Waals surface area contributed by atoms with E-state index >= 15 is 0 Å². The van der Waals surface area contributed by atoms with Crippen LogP contribution in [0.15, 0.2) is 59.6 Å². The van der Waals surface area contributed by atoms with E-state index in [1.807, 2.05) is 50.4 Å². The molecule has 3 rings (SSSR count). The van der Waals surface area contributed by atoms with Gasteiger partial charge in [0.15, 0.2) is 9.84 Å². The topological polar surface area (TPSA) is 89.3 Å². The number of imidazole rings is 1. The van der Waals surface area contributed by atoms with E-state index in [2.05, 4.69) is 4.98 Å². The molecule has 3 aromatic rings. The van der Waals surface area contributed by atoms with Crippen LogP contribution in [0.3, 0.4) is 0 Å². The summed E-state index contributed by atoms with van der Waals surface area (Å²) in [5.74, 6) is -0.272. The number of aliphatic carboxylic acids is 1. The van der Waals surface area contributed by atoms with E-state index in [4.69, 9.17) is 5.11 Å². The number of aromatic nitrogens is 2. The molecule has 1 aromatic heterocycles. The average molecular weight is 398 g/mol. The molecule has 0 aliphatic heterocycles. The van der Waals surface area contributed by atoms with Gasteiger partial charge in [-0.05, 0) is 41.3 Å². The van der Waals surface area contributed by atoms with Gasteiger partial charge < -0.3 is 9.67 Å². The first-order chi connectivity index (χ1) is 13.1. The van der Waals surface area contributed by atoms with E-state index < -0.39 is 15.8 Å². The monoisotopic (exact) mass is 398 g/mol. The summed E-state index contributed by atoms with van der Waals surface area (Å²) in [7, 11) is -3.28. The molecule has 6 nitrogen and oxygen atoms in total. The maximum Gasteiger partial charge on any atom is 0.311 e. The number of benzene rings is 2. The lowest BCUT2D eigenvalue weighted by Gasteiger charge is -2.09. The highest BCUT2D eigenvalue weighted by Gasteiger charge is 2.15. The molecule has 2 aromatic carbocycles. The maximum absolute atomic E-state index is 11.8. The molecule has 146 valence electrons. The SMILES string of the molecule is CC(C)c1cn(-c2ccc(-c3cccc(S(C)(=O)=O)c3)cc2)c(CC(=O)O)n1. The summed E-state index contributed by atoms with van der Waals surface area (Å²) in [6, 6.07) is 14.3. The van der Waals surface area contributed by atoms with Gasteiger partial charge in [-0.15, -0.1) is 0 Å². The van der Waals surface area contributed by atoms with Crippen molar-refractivity contribution in [2.75, 3.05) is 6.26 Å². The zero-order valence-electron chi connectivity index (χ0n) is 16.0. The Morgan fingerprint density at radius 3 is 2.36 bits per heavy atom. The van der Waals surface area contributed by atoms with Crippen LogP contribution >= 0.6 is 0 Å². The average Bonchev–Trinajstić information content (AvgIpc) is 3.05. The largest absolute Gasteiger partial charge is 0.481 e. The number of carbonyl (C=O) groups is 1. The van der Waals surface area contributed by atoms with Gasteiger partial charge in [-0.3, -0.25) is 4.79 Å². The van der Waals surface area contributed by atoms with Gasteiger partial charge in [0.05, 0.1) is 10.6 Å². The molecule has 28 heavy (non-hydrogen) atoms. The van der Waals surface area contributed by atoms with Gasteiger partial charge in [0.2, 0.25) is 0 Å². The van der Waals surface area contributed by atoms with Crippen molar-refractivity contribution in [1.29, 1.82) is 0 Å². The standard InChI is InChI=1S/C21H22N2O4S/c1-14(2)19-13-23(20(22-19)12-21(24)25)17-9-7-15(8-10-17)16-5-4-6-18(11-16)28(3,26)27/h4-11,13-14H,12H2,1-3H3,(H,24,25). The van der Waals surface area contributed by atoms with Gasteiger partial charge in [-0.2, -0.15) is 0 Å². The van der Waals surface area contributed by atoms with Gasteiger partial charge in [-0.25, -0.2) is 13.4 Å². The molecule has 0 spiro atoms. The Morgan fingerprint density at radius 1 is 1.11 bits per heavy atom. The van der Waals surface area contributed by atoms with Crippen molar-refractivity contribution in [3.8, 4) is 16.8 Å². The summed E-state index contributed by atoms with van der Waals surface area (Å²) in [6.07, 6.45) is 2.89. The van der Waals surface area contributed by atoms with Crippen molar-refractivity contribution in [1.82, 2.24) is 9.55 Å². The maximum atomic E-state index is 11.8. The van der Waals surface area contributed by atoms with Crippen molar-refractivity contribution in [2.45, 2.75) is 31.1 Å². The van der Waals surface area contributed by atoms with Crippen LogP contribution in [0.2, 0.25) is 0 Å². The molecule has 0 radical (unpaired) electrons. The highest BCUT2D eigenvalue weighted by Crippen LogP contribution is 2.25. The zero-order chi connectivity index (χ0) is 20.5. The number of nitrogens with zero attached hydrogens (tertiary/aromatic N) is 2. The number of hydrogen-bond acceptors (Lipinski definition) is 4. The second kappa shape index (κ2) is 7.59. The highest BCUT2D eigenvalue weighted by molar-refractivity contribution is 7.90. The molecular formula is C21H22N2O4S. The third kappa shape index (κ3) is 4.31. The van der Waals surface area contributed by atoms with E-state index in [0.717, 1.165) is 22.5 Å². The van der Waals surface area contributed by atoms with E-state index in [9.17, 15) is 13.2 Å². The van der Waals surface area contributed by atoms with Gasteiger partial charge >= 0.3 is 5.97 Å². The molecule has 0 saturated carbocycles. The molecule has 1 N–H and O–H groups in total. The van der Waals surface area contributed by atoms with E-state index in [1.54, 1.807) is 22.8 Å². The summed E-state index contributed by atoms with van der Waals surface area (Å²) in [5.41, 5.74) is 3.31. The lowest BCUT2D eigenvalue weighted by Crippen LogP contribution is -2.07. The molecule has 0 saturated heterocycles. The first kappa shape index (κ1) is 19.8. The second-order valence-electron chi connectivity index (χ2n) is 7.02. The Morgan fingerprint density at radius 2 is 1.79 bits per heavy atom. The molecule has 0 aliphatic rings. The van der Waals surface area contributed by atoms with Crippen molar-refractivity contribution < 1.29 is 18.3 Å². The van der Waals surface area contributed by atoms with Crippen LogP contribution in [0.25, 0.3) is 16.8 Å². The summed E-state index contributed by atoms with van der Waals surface area (Å²) in [6.45, 7) is 4.02. The van der Waals surface area contributed by atoms with Crippen LogP contribution in [0.5, 0.6) is 0 Å². The first-order valence-corrected chi connectivity index (χ1v) is 10.7. The number of sulfone groups is 1. The minimum atomic E-state index is -3.28. The highest BCUT2D eigenvalue weighted by atomic mass is 32.2. The number of carboxylic acid groups (broad SMARTS) is 1. The summed E-state index contributed by atoms with van der Waals surface area (Å²) in [5, 5.41) is 9.17. The van der Waals surface area contributed by atoms with Crippen molar-refractivity contribution in [3.63, 3.8) is 0 Å². The Balaban J connectivity index is 1.99. The van der Waals surface area contributed by atoms with Crippen LogP contribution in [0, 0.1) is 0 Å². The fourth-order valence-electron chi connectivity index (χ4n) is 2.92. The fourth-order valence-corrected chi connectivity index (χ4v) is 3.59. The first-order valence-electron chi connectivity index (χ1n) is 8.86. The van der Waals surface area contributed by atoms with Crippen LogP contribution < -0.4 is 0 Å². The van der Waals surface area contributed by atoms with Crippen LogP contribution in [0.4, 0.5) is 0 Å². The second-order valence-corrected chi connectivity index (χ2v) is 9.04. The Hall–Kier alpha value is -2.93. The fraction of sp³-hybridized carbons (Fsp3) is 0.238. The molecule has 0 fully saturated rings. The molecule has 7 heteroatoms. The lowest BCUT2D eigenvalue weighted by atomic mass is 10.1. The summed E-state index contributed by atoms with van der Waals surface area (Å²) >= 11 is 0. The molecule has 0 bridgehead atoms. The minimum Gasteiger partial charge on any atom is -0.481 e. The molecule has 0 aliphatic carbocycles. The smallest absolute Gasteiger partial charge is 0.311 e. The third-order valence-electron chi connectivity index (χ3n) is 4.44. The number of carboxylic acids is 1. The predicted octanol–water partition coefficient (Wildman–Crippen LogP) is 3.69. The Labute approximate surface area is 164 Å². The number of hydrogen-bond donors (Lipinski definition) is 1.